The largest absolute Gasteiger partial charge is 0.497 e. The summed E-state index contributed by atoms with van der Waals surface area (Å²) in [7, 11) is 1.65. The van der Waals surface area contributed by atoms with Crippen molar-refractivity contribution in [2.45, 2.75) is 52.6 Å². The molecule has 1 aromatic heterocycles. The quantitative estimate of drug-likeness (QED) is 0.377. The average Bonchev–Trinajstić information content (AvgIpc) is 3.47. The van der Waals surface area contributed by atoms with E-state index in [0.29, 0.717) is 18.5 Å². The summed E-state index contributed by atoms with van der Waals surface area (Å²) in [6.07, 6.45) is 5.66. The van der Waals surface area contributed by atoms with Crippen molar-refractivity contribution in [2.24, 2.45) is 11.3 Å². The first-order valence-electron chi connectivity index (χ1n) is 14.0. The first-order chi connectivity index (χ1) is 19.2. The van der Waals surface area contributed by atoms with Crippen molar-refractivity contribution in [3.63, 3.8) is 0 Å². The number of rotatable bonds is 7. The molecule has 40 heavy (non-hydrogen) atoms. The Morgan fingerprint density at radius 3 is 2.58 bits per heavy atom. The van der Waals surface area contributed by atoms with E-state index in [2.05, 4.69) is 32.2 Å². The lowest BCUT2D eigenvalue weighted by molar-refractivity contribution is -0.124. The molecule has 0 unspecified atom stereocenters. The van der Waals surface area contributed by atoms with Gasteiger partial charge < -0.3 is 19.5 Å². The number of hydrogen-bond donors (Lipinski definition) is 1. The van der Waals surface area contributed by atoms with Gasteiger partial charge in [0, 0.05) is 18.5 Å². The Balaban J connectivity index is 1.50. The van der Waals surface area contributed by atoms with E-state index >= 15 is 0 Å². The molecule has 1 amide bonds. The number of allylic oxidation sites excluding steroid dienone is 1. The molecule has 1 aliphatic carbocycles. The van der Waals surface area contributed by atoms with Crippen LogP contribution in [0.5, 0.6) is 5.75 Å². The standard InChI is InChI=1S/C33H38N2O5/c1-33(2,3)23-17-22(16-21-11-13-24(38-4)14-12-21)31-27(18-23)30(26-9-5-6-10-28(26)35-31)32(37)40-20-29(36)34-19-25-8-7-15-39-25/h5-6,9-14,16,23,25H,7-8,15,17-20H2,1-4H3,(H,34,36)/b22-16-/t23-,25+/m0/s1. The van der Waals surface area contributed by atoms with Gasteiger partial charge in [-0.25, -0.2) is 9.78 Å². The normalized spacial score (nSPS) is 19.9. The highest BCUT2D eigenvalue weighted by molar-refractivity contribution is 6.07. The van der Waals surface area contributed by atoms with Crippen LogP contribution in [-0.4, -0.2) is 49.8 Å². The van der Waals surface area contributed by atoms with E-state index < -0.39 is 5.97 Å². The van der Waals surface area contributed by atoms with Gasteiger partial charge in [0.2, 0.25) is 0 Å². The van der Waals surface area contributed by atoms with E-state index in [0.717, 1.165) is 64.9 Å². The average molecular weight is 543 g/mol. The lowest BCUT2D eigenvalue weighted by Crippen LogP contribution is -2.35. The first kappa shape index (κ1) is 27.8. The topological polar surface area (TPSA) is 86.8 Å². The second kappa shape index (κ2) is 11.8. The molecule has 1 saturated heterocycles. The predicted molar refractivity (Wildman–Crippen MR) is 156 cm³/mol. The van der Waals surface area contributed by atoms with Crippen LogP contribution < -0.4 is 10.1 Å². The molecule has 7 nitrogen and oxygen atoms in total. The van der Waals surface area contributed by atoms with E-state index in [1.54, 1.807) is 7.11 Å². The maximum Gasteiger partial charge on any atom is 0.339 e. The van der Waals surface area contributed by atoms with Crippen LogP contribution in [0.1, 0.15) is 67.2 Å². The van der Waals surface area contributed by atoms with E-state index in [1.165, 1.54) is 0 Å². The molecule has 7 heteroatoms. The van der Waals surface area contributed by atoms with Crippen molar-refractivity contribution in [3.05, 3.63) is 70.9 Å². The summed E-state index contributed by atoms with van der Waals surface area (Å²) in [4.78, 5) is 31.3. The fraction of sp³-hybridized carbons (Fsp3) is 0.424. The van der Waals surface area contributed by atoms with E-state index in [-0.39, 0.29) is 30.0 Å². The molecule has 1 aliphatic heterocycles. The molecule has 1 N–H and O–H groups in total. The molecule has 0 saturated carbocycles. The van der Waals surface area contributed by atoms with Crippen molar-refractivity contribution in [1.29, 1.82) is 0 Å². The van der Waals surface area contributed by atoms with Crippen molar-refractivity contribution >= 4 is 34.4 Å². The highest BCUT2D eigenvalue weighted by Crippen LogP contribution is 2.45. The van der Waals surface area contributed by atoms with Gasteiger partial charge in [0.1, 0.15) is 5.75 Å². The summed E-state index contributed by atoms with van der Waals surface area (Å²) in [6.45, 7) is 7.51. The van der Waals surface area contributed by atoms with Crippen LogP contribution in [0, 0.1) is 11.3 Å². The minimum absolute atomic E-state index is 0.00566. The molecule has 1 fully saturated rings. The summed E-state index contributed by atoms with van der Waals surface area (Å²) in [5.41, 5.74) is 5.07. The van der Waals surface area contributed by atoms with Gasteiger partial charge in [-0.1, -0.05) is 51.1 Å². The monoisotopic (exact) mass is 542 g/mol. The second-order valence-corrected chi connectivity index (χ2v) is 11.8. The zero-order chi connectivity index (χ0) is 28.3. The number of esters is 1. The predicted octanol–water partition coefficient (Wildman–Crippen LogP) is 5.84. The van der Waals surface area contributed by atoms with Crippen molar-refractivity contribution in [3.8, 4) is 5.75 Å². The number of hydrogen-bond acceptors (Lipinski definition) is 6. The van der Waals surface area contributed by atoms with Crippen LogP contribution in [0.4, 0.5) is 0 Å². The Morgan fingerprint density at radius 1 is 1.10 bits per heavy atom. The van der Waals surface area contributed by atoms with E-state index in [1.807, 2.05) is 48.5 Å². The fourth-order valence-corrected chi connectivity index (χ4v) is 5.56. The molecule has 3 aromatic rings. The summed E-state index contributed by atoms with van der Waals surface area (Å²) in [6, 6.07) is 15.6. The zero-order valence-corrected chi connectivity index (χ0v) is 23.8. The third-order valence-electron chi connectivity index (χ3n) is 7.99. The van der Waals surface area contributed by atoms with Gasteiger partial charge >= 0.3 is 5.97 Å². The fourth-order valence-electron chi connectivity index (χ4n) is 5.56. The van der Waals surface area contributed by atoms with Crippen molar-refractivity contribution < 1.29 is 23.8 Å². The molecule has 0 radical (unpaired) electrons. The third-order valence-corrected chi connectivity index (χ3v) is 7.99. The highest BCUT2D eigenvalue weighted by atomic mass is 16.5. The summed E-state index contributed by atoms with van der Waals surface area (Å²) in [5.74, 6) is 0.255. The number of ether oxygens (including phenoxy) is 3. The summed E-state index contributed by atoms with van der Waals surface area (Å²) >= 11 is 0. The molecule has 2 aliphatic rings. The Kier molecular flexibility index (Phi) is 8.22. The van der Waals surface area contributed by atoms with Gasteiger partial charge in [0.05, 0.1) is 30.0 Å². The smallest absolute Gasteiger partial charge is 0.339 e. The highest BCUT2D eigenvalue weighted by Gasteiger charge is 2.35. The van der Waals surface area contributed by atoms with E-state index in [9.17, 15) is 9.59 Å². The SMILES string of the molecule is COc1ccc(/C=C2/C[C@H](C(C)(C)C)Cc3c2nc2ccccc2c3C(=O)OCC(=O)NC[C@H]2CCCO2)cc1. The number of fused-ring (bicyclic) bond motifs is 2. The number of carbonyl (C=O) groups excluding carboxylic acids is 2. The first-order valence-corrected chi connectivity index (χ1v) is 14.0. The zero-order valence-electron chi connectivity index (χ0n) is 23.8. The summed E-state index contributed by atoms with van der Waals surface area (Å²) < 4.78 is 16.5. The van der Waals surface area contributed by atoms with Crippen LogP contribution in [0.2, 0.25) is 0 Å². The number of para-hydroxylation sites is 1. The third kappa shape index (κ3) is 6.20. The number of pyridine rings is 1. The van der Waals surface area contributed by atoms with Crippen LogP contribution in [-0.2, 0) is 20.7 Å². The molecule has 2 aromatic carbocycles. The molecule has 2 heterocycles. The number of carbonyl (C=O) groups is 2. The Hall–Kier alpha value is -3.71. The van der Waals surface area contributed by atoms with Gasteiger partial charge in [-0.3, -0.25) is 4.79 Å². The number of methoxy groups -OCH3 is 1. The minimum Gasteiger partial charge on any atom is -0.497 e. The van der Waals surface area contributed by atoms with E-state index in [4.69, 9.17) is 19.2 Å². The second-order valence-electron chi connectivity index (χ2n) is 11.8. The van der Waals surface area contributed by atoms with Crippen LogP contribution in [0.15, 0.2) is 48.5 Å². The van der Waals surface area contributed by atoms with Crippen molar-refractivity contribution in [2.75, 3.05) is 26.9 Å². The lowest BCUT2D eigenvalue weighted by Gasteiger charge is -2.36. The molecule has 5 rings (SSSR count). The Labute approximate surface area is 235 Å². The van der Waals surface area contributed by atoms with Gasteiger partial charge in [-0.15, -0.1) is 0 Å². The maximum absolute atomic E-state index is 13.7. The molecule has 0 spiro atoms. The van der Waals surface area contributed by atoms with Gasteiger partial charge in [-0.2, -0.15) is 0 Å². The van der Waals surface area contributed by atoms with Crippen LogP contribution in [0.3, 0.4) is 0 Å². The molecular weight excluding hydrogens is 504 g/mol. The number of aromatic nitrogens is 1. The Morgan fingerprint density at radius 2 is 1.88 bits per heavy atom. The van der Waals surface area contributed by atoms with Gasteiger partial charge in [0.15, 0.2) is 6.61 Å². The molecular formula is C33H38N2O5. The van der Waals surface area contributed by atoms with Crippen LogP contribution >= 0.6 is 0 Å². The Bertz CT molecular complexity index is 1420. The number of nitrogens with zero attached hydrogens (tertiary/aromatic N) is 1. The lowest BCUT2D eigenvalue weighted by atomic mass is 9.69. The number of benzene rings is 2. The van der Waals surface area contributed by atoms with Gasteiger partial charge in [-0.05, 0) is 78.0 Å². The molecule has 2 atom stereocenters. The number of amides is 1. The maximum atomic E-state index is 13.7. The molecule has 210 valence electrons. The summed E-state index contributed by atoms with van der Waals surface area (Å²) in [5, 5.41) is 3.57. The minimum atomic E-state index is -0.500. The van der Waals surface area contributed by atoms with Crippen LogP contribution in [0.25, 0.3) is 22.6 Å². The van der Waals surface area contributed by atoms with Gasteiger partial charge in [0.25, 0.3) is 5.91 Å². The number of nitrogens with one attached hydrogen (secondary N) is 1. The van der Waals surface area contributed by atoms with Crippen molar-refractivity contribution in [1.82, 2.24) is 10.3 Å². The molecule has 0 bridgehead atoms.